The molecule has 90 valence electrons. The molecule has 0 amide bonds. The van der Waals surface area contributed by atoms with Crippen molar-refractivity contribution in [2.45, 2.75) is 25.9 Å². The van der Waals surface area contributed by atoms with Gasteiger partial charge in [-0.25, -0.2) is 4.98 Å². The Morgan fingerprint density at radius 2 is 2.06 bits per heavy atom. The summed E-state index contributed by atoms with van der Waals surface area (Å²) in [7, 11) is 0. The van der Waals surface area contributed by atoms with Crippen molar-refractivity contribution in [2.24, 2.45) is 5.73 Å². The van der Waals surface area contributed by atoms with Crippen molar-refractivity contribution < 1.29 is 0 Å². The number of nitrogens with zero attached hydrogens (tertiary/aromatic N) is 2. The van der Waals surface area contributed by atoms with Gasteiger partial charge in [-0.1, -0.05) is 34.1 Å². The van der Waals surface area contributed by atoms with Crippen LogP contribution in [-0.4, -0.2) is 9.55 Å². The van der Waals surface area contributed by atoms with Gasteiger partial charge in [-0.05, 0) is 25.5 Å². The Morgan fingerprint density at radius 1 is 1.35 bits per heavy atom. The van der Waals surface area contributed by atoms with E-state index in [1.54, 1.807) is 0 Å². The summed E-state index contributed by atoms with van der Waals surface area (Å²) in [5.74, 6) is 0. The van der Waals surface area contributed by atoms with E-state index in [0.29, 0.717) is 0 Å². The summed E-state index contributed by atoms with van der Waals surface area (Å²) >= 11 is 3.55. The van der Waals surface area contributed by atoms with Crippen molar-refractivity contribution in [1.29, 1.82) is 0 Å². The van der Waals surface area contributed by atoms with Crippen LogP contribution in [0.1, 0.15) is 25.1 Å². The Morgan fingerprint density at radius 3 is 2.71 bits per heavy atom. The molecule has 0 fully saturated rings. The summed E-state index contributed by atoms with van der Waals surface area (Å²) in [5, 5.41) is 0. The molecule has 2 rings (SSSR count). The molecule has 0 atom stereocenters. The van der Waals surface area contributed by atoms with E-state index in [1.807, 2.05) is 44.6 Å². The van der Waals surface area contributed by atoms with Crippen LogP contribution in [0.15, 0.2) is 41.3 Å². The summed E-state index contributed by atoms with van der Waals surface area (Å²) in [6.45, 7) is 4.75. The highest BCUT2D eigenvalue weighted by Gasteiger charge is 2.19. The smallest absolute Gasteiger partial charge is 0.0951 e. The fourth-order valence-corrected chi connectivity index (χ4v) is 2.20. The highest BCUT2D eigenvalue weighted by Crippen LogP contribution is 2.21. The molecule has 4 heteroatoms. The van der Waals surface area contributed by atoms with Gasteiger partial charge in [-0.15, -0.1) is 0 Å². The molecule has 17 heavy (non-hydrogen) atoms. The number of nitrogens with two attached hydrogens (primary N) is 1. The van der Waals surface area contributed by atoms with Crippen molar-refractivity contribution >= 4 is 15.9 Å². The molecule has 0 unspecified atom stereocenters. The molecule has 2 aromatic rings. The van der Waals surface area contributed by atoms with E-state index in [-0.39, 0.29) is 5.54 Å². The fraction of sp³-hybridized carbons (Fsp3) is 0.308. The summed E-state index contributed by atoms with van der Waals surface area (Å²) < 4.78 is 3.19. The molecule has 0 saturated heterocycles. The van der Waals surface area contributed by atoms with Gasteiger partial charge in [0, 0.05) is 17.2 Å². The Kier molecular flexibility index (Phi) is 3.35. The van der Waals surface area contributed by atoms with Crippen LogP contribution in [0.25, 0.3) is 0 Å². The zero-order valence-electron chi connectivity index (χ0n) is 10.0. The molecule has 1 aromatic carbocycles. The Labute approximate surface area is 110 Å². The standard InChI is InChI=1S/C13H16BrN3/c1-13(2,15)12-7-16-9-17(12)8-10-5-3-4-6-11(10)14/h3-7,9H,8,15H2,1-2H3. The van der Waals surface area contributed by atoms with E-state index in [9.17, 15) is 0 Å². The van der Waals surface area contributed by atoms with Gasteiger partial charge in [0.1, 0.15) is 0 Å². The maximum absolute atomic E-state index is 6.12. The van der Waals surface area contributed by atoms with Crippen LogP contribution in [0.2, 0.25) is 0 Å². The minimum absolute atomic E-state index is 0.377. The fourth-order valence-electron chi connectivity index (χ4n) is 1.79. The minimum atomic E-state index is -0.377. The molecule has 0 bridgehead atoms. The number of hydrogen-bond acceptors (Lipinski definition) is 2. The van der Waals surface area contributed by atoms with Crippen LogP contribution in [0.4, 0.5) is 0 Å². The number of aromatic nitrogens is 2. The second-order valence-electron chi connectivity index (χ2n) is 4.72. The maximum atomic E-state index is 6.12. The van der Waals surface area contributed by atoms with E-state index < -0.39 is 0 Å². The van der Waals surface area contributed by atoms with Gasteiger partial charge in [0.15, 0.2) is 0 Å². The summed E-state index contributed by atoms with van der Waals surface area (Å²) in [6.07, 6.45) is 3.65. The lowest BCUT2D eigenvalue weighted by atomic mass is 10.0. The Balaban J connectivity index is 2.32. The van der Waals surface area contributed by atoms with Gasteiger partial charge in [0.25, 0.3) is 0 Å². The molecule has 0 saturated carbocycles. The lowest BCUT2D eigenvalue weighted by molar-refractivity contribution is 0.503. The number of rotatable bonds is 3. The van der Waals surface area contributed by atoms with Gasteiger partial charge >= 0.3 is 0 Å². The van der Waals surface area contributed by atoms with Crippen LogP contribution in [0.5, 0.6) is 0 Å². The lowest BCUT2D eigenvalue weighted by Gasteiger charge is -2.21. The third-order valence-electron chi connectivity index (χ3n) is 2.67. The molecule has 0 aliphatic rings. The summed E-state index contributed by atoms with van der Waals surface area (Å²) in [5.41, 5.74) is 8.00. The quantitative estimate of drug-likeness (QED) is 0.946. The van der Waals surface area contributed by atoms with Crippen molar-refractivity contribution in [2.75, 3.05) is 0 Å². The van der Waals surface area contributed by atoms with Gasteiger partial charge in [-0.3, -0.25) is 0 Å². The lowest BCUT2D eigenvalue weighted by Crippen LogP contribution is -2.31. The first-order valence-electron chi connectivity index (χ1n) is 5.51. The molecule has 0 aliphatic heterocycles. The zero-order chi connectivity index (χ0) is 12.5. The normalized spacial score (nSPS) is 11.8. The topological polar surface area (TPSA) is 43.8 Å². The first kappa shape index (κ1) is 12.3. The molecular weight excluding hydrogens is 278 g/mol. The first-order valence-corrected chi connectivity index (χ1v) is 6.30. The number of hydrogen-bond donors (Lipinski definition) is 1. The average Bonchev–Trinajstić information content (AvgIpc) is 2.69. The van der Waals surface area contributed by atoms with Crippen molar-refractivity contribution in [3.8, 4) is 0 Å². The Hall–Kier alpha value is -1.13. The minimum Gasteiger partial charge on any atom is -0.328 e. The van der Waals surface area contributed by atoms with E-state index in [1.165, 1.54) is 5.56 Å². The Bertz CT molecular complexity index is 511. The largest absolute Gasteiger partial charge is 0.328 e. The number of imidazole rings is 1. The van der Waals surface area contributed by atoms with Crippen molar-refractivity contribution in [1.82, 2.24) is 9.55 Å². The van der Waals surface area contributed by atoms with E-state index >= 15 is 0 Å². The molecule has 1 aromatic heterocycles. The monoisotopic (exact) mass is 293 g/mol. The van der Waals surface area contributed by atoms with Gasteiger partial charge in [0.05, 0.1) is 17.6 Å². The number of benzene rings is 1. The van der Waals surface area contributed by atoms with Crippen LogP contribution in [0.3, 0.4) is 0 Å². The molecule has 0 radical (unpaired) electrons. The third kappa shape index (κ3) is 2.76. The van der Waals surface area contributed by atoms with Crippen molar-refractivity contribution in [3.63, 3.8) is 0 Å². The molecule has 0 spiro atoms. The van der Waals surface area contributed by atoms with E-state index in [4.69, 9.17) is 5.73 Å². The zero-order valence-corrected chi connectivity index (χ0v) is 11.6. The van der Waals surface area contributed by atoms with E-state index in [2.05, 4.69) is 31.5 Å². The highest BCUT2D eigenvalue weighted by atomic mass is 79.9. The summed E-state index contributed by atoms with van der Waals surface area (Å²) in [4.78, 5) is 4.18. The van der Waals surface area contributed by atoms with Gasteiger partial charge in [-0.2, -0.15) is 0 Å². The van der Waals surface area contributed by atoms with Gasteiger partial charge in [0.2, 0.25) is 0 Å². The van der Waals surface area contributed by atoms with Crippen LogP contribution < -0.4 is 5.73 Å². The maximum Gasteiger partial charge on any atom is 0.0951 e. The molecule has 3 nitrogen and oxygen atoms in total. The number of halogens is 1. The van der Waals surface area contributed by atoms with Crippen molar-refractivity contribution in [3.05, 3.63) is 52.5 Å². The van der Waals surface area contributed by atoms with Crippen LogP contribution in [0, 0.1) is 0 Å². The predicted molar refractivity (Wildman–Crippen MR) is 72.7 cm³/mol. The van der Waals surface area contributed by atoms with E-state index in [0.717, 1.165) is 16.7 Å². The average molecular weight is 294 g/mol. The molecular formula is C13H16BrN3. The second-order valence-corrected chi connectivity index (χ2v) is 5.57. The third-order valence-corrected chi connectivity index (χ3v) is 3.44. The molecule has 0 aliphatic carbocycles. The van der Waals surface area contributed by atoms with Gasteiger partial charge < -0.3 is 10.3 Å². The predicted octanol–water partition coefficient (Wildman–Crippen LogP) is 2.89. The molecule has 1 heterocycles. The summed E-state index contributed by atoms with van der Waals surface area (Å²) in [6, 6.07) is 8.18. The van der Waals surface area contributed by atoms with Crippen LogP contribution in [-0.2, 0) is 12.1 Å². The SMILES string of the molecule is CC(C)(N)c1cncn1Cc1ccccc1Br. The second kappa shape index (κ2) is 4.63. The van der Waals surface area contributed by atoms with Crippen LogP contribution >= 0.6 is 15.9 Å². The molecule has 2 N–H and O–H groups in total. The highest BCUT2D eigenvalue weighted by molar-refractivity contribution is 9.10. The first-order chi connectivity index (χ1) is 7.98.